The molecular weight excluding hydrogens is 238 g/mol. The fraction of sp³-hybridized carbons (Fsp3) is 0.571. The monoisotopic (exact) mass is 259 g/mol. The molecule has 3 rings (SSSR count). The van der Waals surface area contributed by atoms with Gasteiger partial charge in [0.2, 0.25) is 0 Å². The molecule has 2 aromatic rings. The summed E-state index contributed by atoms with van der Waals surface area (Å²) in [6.07, 6.45) is 1.96. The number of aryl methyl sites for hydroxylation is 1. The third kappa shape index (κ3) is 2.13. The van der Waals surface area contributed by atoms with Crippen LogP contribution < -0.4 is 5.32 Å². The molecule has 2 aromatic heterocycles. The van der Waals surface area contributed by atoms with Gasteiger partial charge in [0.25, 0.3) is 0 Å². The van der Waals surface area contributed by atoms with Crippen molar-refractivity contribution < 1.29 is 0 Å². The van der Waals surface area contributed by atoms with Gasteiger partial charge in [-0.1, -0.05) is 6.07 Å². The van der Waals surface area contributed by atoms with Crippen molar-refractivity contribution >= 4 is 5.65 Å². The van der Waals surface area contributed by atoms with Crippen molar-refractivity contribution in [1.82, 2.24) is 24.8 Å². The first-order valence-electron chi connectivity index (χ1n) is 6.87. The molecule has 0 amide bonds. The Morgan fingerprint density at radius 1 is 1.26 bits per heavy atom. The van der Waals surface area contributed by atoms with Crippen LogP contribution in [0.15, 0.2) is 18.3 Å². The van der Waals surface area contributed by atoms with Crippen LogP contribution in [0.25, 0.3) is 5.65 Å². The van der Waals surface area contributed by atoms with Gasteiger partial charge in [0.05, 0.1) is 5.54 Å². The maximum Gasteiger partial charge on any atom is 0.171 e. The standard InChI is InChI=1S/C14H21N5/c1-11-5-4-8-19-12(11)16-13(17-19)14(2,3)18-9-6-15-7-10-18/h4-5,8,15H,6-7,9-10H2,1-3H3. The number of fused-ring (bicyclic) bond motifs is 1. The Balaban J connectivity index is 2.00. The number of rotatable bonds is 2. The number of pyridine rings is 1. The smallest absolute Gasteiger partial charge is 0.171 e. The largest absolute Gasteiger partial charge is 0.314 e. The SMILES string of the molecule is Cc1cccn2nc(C(C)(C)N3CCNCC3)nc12. The molecule has 0 saturated carbocycles. The molecule has 0 spiro atoms. The van der Waals surface area contributed by atoms with Crippen LogP contribution in [0, 0.1) is 6.92 Å². The zero-order valence-electron chi connectivity index (χ0n) is 11.8. The quantitative estimate of drug-likeness (QED) is 0.879. The van der Waals surface area contributed by atoms with Crippen molar-refractivity contribution in [1.29, 1.82) is 0 Å². The van der Waals surface area contributed by atoms with Gasteiger partial charge < -0.3 is 5.32 Å². The molecule has 5 heteroatoms. The zero-order chi connectivity index (χ0) is 13.5. The highest BCUT2D eigenvalue weighted by Crippen LogP contribution is 2.26. The van der Waals surface area contributed by atoms with Gasteiger partial charge in [-0.15, -0.1) is 5.10 Å². The van der Waals surface area contributed by atoms with E-state index in [-0.39, 0.29) is 5.54 Å². The molecule has 0 atom stereocenters. The topological polar surface area (TPSA) is 45.5 Å². The van der Waals surface area contributed by atoms with E-state index in [0.29, 0.717) is 0 Å². The predicted octanol–water partition coefficient (Wildman–Crippen LogP) is 1.18. The highest BCUT2D eigenvalue weighted by atomic mass is 15.3. The van der Waals surface area contributed by atoms with Crippen LogP contribution in [0.1, 0.15) is 25.2 Å². The molecule has 0 bridgehead atoms. The zero-order valence-corrected chi connectivity index (χ0v) is 11.8. The van der Waals surface area contributed by atoms with Gasteiger partial charge in [-0.25, -0.2) is 9.50 Å². The molecule has 102 valence electrons. The van der Waals surface area contributed by atoms with Gasteiger partial charge in [-0.2, -0.15) is 0 Å². The second-order valence-electron chi connectivity index (χ2n) is 5.69. The first kappa shape index (κ1) is 12.6. The van der Waals surface area contributed by atoms with Crippen LogP contribution in [0.5, 0.6) is 0 Å². The average molecular weight is 259 g/mol. The summed E-state index contributed by atoms with van der Waals surface area (Å²) < 4.78 is 1.88. The maximum atomic E-state index is 4.75. The number of hydrogen-bond acceptors (Lipinski definition) is 4. The van der Waals surface area contributed by atoms with Crippen molar-refractivity contribution in [3.8, 4) is 0 Å². The Hall–Kier alpha value is -1.46. The Labute approximate surface area is 113 Å². The van der Waals surface area contributed by atoms with Gasteiger partial charge in [-0.05, 0) is 32.4 Å². The highest BCUT2D eigenvalue weighted by molar-refractivity contribution is 5.46. The summed E-state index contributed by atoms with van der Waals surface area (Å²) in [5.41, 5.74) is 2.00. The fourth-order valence-corrected chi connectivity index (χ4v) is 2.66. The van der Waals surface area contributed by atoms with Crippen LogP contribution in [-0.4, -0.2) is 45.7 Å². The molecule has 1 aliphatic rings. The van der Waals surface area contributed by atoms with Crippen molar-refractivity contribution in [2.45, 2.75) is 26.3 Å². The lowest BCUT2D eigenvalue weighted by Gasteiger charge is -2.39. The summed E-state index contributed by atoms with van der Waals surface area (Å²) in [6, 6.07) is 4.09. The van der Waals surface area contributed by atoms with Gasteiger partial charge in [0, 0.05) is 32.4 Å². The van der Waals surface area contributed by atoms with Crippen molar-refractivity contribution in [3.63, 3.8) is 0 Å². The second-order valence-corrected chi connectivity index (χ2v) is 5.69. The molecule has 1 N–H and O–H groups in total. The van der Waals surface area contributed by atoms with Crippen LogP contribution in [0.2, 0.25) is 0 Å². The van der Waals surface area contributed by atoms with Crippen LogP contribution >= 0.6 is 0 Å². The molecule has 5 nitrogen and oxygen atoms in total. The Kier molecular flexibility index (Phi) is 3.03. The van der Waals surface area contributed by atoms with Gasteiger partial charge >= 0.3 is 0 Å². The van der Waals surface area contributed by atoms with E-state index in [0.717, 1.165) is 43.2 Å². The Morgan fingerprint density at radius 3 is 2.68 bits per heavy atom. The van der Waals surface area contributed by atoms with Crippen molar-refractivity contribution in [2.75, 3.05) is 26.2 Å². The maximum absolute atomic E-state index is 4.75. The molecule has 1 saturated heterocycles. The second kappa shape index (κ2) is 4.58. The number of hydrogen-bond donors (Lipinski definition) is 1. The van der Waals surface area contributed by atoms with Crippen molar-refractivity contribution in [2.24, 2.45) is 0 Å². The normalized spacial score (nSPS) is 18.1. The van der Waals surface area contributed by atoms with E-state index in [1.165, 1.54) is 0 Å². The van der Waals surface area contributed by atoms with E-state index in [4.69, 9.17) is 4.98 Å². The summed E-state index contributed by atoms with van der Waals surface area (Å²) in [5.74, 6) is 0.906. The molecular formula is C14H21N5. The van der Waals surface area contributed by atoms with E-state index in [1.807, 2.05) is 16.8 Å². The van der Waals surface area contributed by atoms with E-state index in [1.54, 1.807) is 0 Å². The van der Waals surface area contributed by atoms with E-state index in [2.05, 4.69) is 42.2 Å². The fourth-order valence-electron chi connectivity index (χ4n) is 2.66. The van der Waals surface area contributed by atoms with E-state index < -0.39 is 0 Å². The van der Waals surface area contributed by atoms with E-state index >= 15 is 0 Å². The minimum atomic E-state index is -0.124. The number of piperazine rings is 1. The molecule has 0 aromatic carbocycles. The van der Waals surface area contributed by atoms with E-state index in [9.17, 15) is 0 Å². The average Bonchev–Trinajstić information content (AvgIpc) is 2.86. The molecule has 0 aliphatic carbocycles. The molecule has 0 unspecified atom stereocenters. The summed E-state index contributed by atoms with van der Waals surface area (Å²) in [5, 5.41) is 8.05. The minimum Gasteiger partial charge on any atom is -0.314 e. The minimum absolute atomic E-state index is 0.124. The third-order valence-corrected chi connectivity index (χ3v) is 4.01. The van der Waals surface area contributed by atoms with Gasteiger partial charge in [0.15, 0.2) is 11.5 Å². The Morgan fingerprint density at radius 2 is 2.00 bits per heavy atom. The number of nitrogens with zero attached hydrogens (tertiary/aromatic N) is 4. The highest BCUT2D eigenvalue weighted by Gasteiger charge is 2.33. The van der Waals surface area contributed by atoms with Crippen LogP contribution in [-0.2, 0) is 5.54 Å². The lowest BCUT2D eigenvalue weighted by Crippen LogP contribution is -2.52. The summed E-state index contributed by atoms with van der Waals surface area (Å²) in [6.45, 7) is 10.7. The molecule has 0 radical (unpaired) electrons. The van der Waals surface area contributed by atoms with Gasteiger partial charge in [-0.3, -0.25) is 4.90 Å². The first-order valence-corrected chi connectivity index (χ1v) is 6.87. The van der Waals surface area contributed by atoms with Crippen LogP contribution in [0.3, 0.4) is 0 Å². The molecule has 3 heterocycles. The number of nitrogens with one attached hydrogen (secondary N) is 1. The summed E-state index contributed by atoms with van der Waals surface area (Å²) in [4.78, 5) is 7.20. The molecule has 19 heavy (non-hydrogen) atoms. The lowest BCUT2D eigenvalue weighted by molar-refractivity contribution is 0.0950. The molecule has 1 fully saturated rings. The number of aromatic nitrogens is 3. The van der Waals surface area contributed by atoms with Crippen molar-refractivity contribution in [3.05, 3.63) is 29.7 Å². The predicted molar refractivity (Wildman–Crippen MR) is 75.2 cm³/mol. The Bertz CT molecular complexity index is 581. The summed E-state index contributed by atoms with van der Waals surface area (Å²) >= 11 is 0. The first-order chi connectivity index (χ1) is 9.09. The third-order valence-electron chi connectivity index (χ3n) is 4.01. The lowest BCUT2D eigenvalue weighted by atomic mass is 10.0. The van der Waals surface area contributed by atoms with Gasteiger partial charge in [0.1, 0.15) is 0 Å². The summed E-state index contributed by atoms with van der Waals surface area (Å²) in [7, 11) is 0. The van der Waals surface area contributed by atoms with Crippen LogP contribution in [0.4, 0.5) is 0 Å². The molecule has 1 aliphatic heterocycles.